The van der Waals surface area contributed by atoms with Gasteiger partial charge in [0.05, 0.1) is 5.56 Å². The molecule has 1 N–H and O–H groups in total. The zero-order valence-corrected chi connectivity index (χ0v) is 14.0. The summed E-state index contributed by atoms with van der Waals surface area (Å²) in [6.07, 6.45) is -3.98. The molecular formula is C16H20F3NO2S. The van der Waals surface area contributed by atoms with Crippen LogP contribution in [0.5, 0.6) is 0 Å². The second kappa shape index (κ2) is 6.26. The molecule has 1 aliphatic rings. The third kappa shape index (κ3) is 4.34. The Morgan fingerprint density at radius 1 is 1.26 bits per heavy atom. The molecule has 0 bridgehead atoms. The Labute approximate surface area is 137 Å². The summed E-state index contributed by atoms with van der Waals surface area (Å²) in [5.74, 6) is 0. The Hall–Kier alpha value is -1.37. The van der Waals surface area contributed by atoms with Gasteiger partial charge in [0, 0.05) is 21.7 Å². The number of halogens is 3. The van der Waals surface area contributed by atoms with Crippen molar-refractivity contribution in [1.82, 2.24) is 4.90 Å². The fourth-order valence-electron chi connectivity index (χ4n) is 2.77. The number of hydrogen-bond acceptors (Lipinski definition) is 2. The van der Waals surface area contributed by atoms with Crippen LogP contribution in [0.1, 0.15) is 39.2 Å². The van der Waals surface area contributed by atoms with E-state index in [4.69, 9.17) is 0 Å². The predicted molar refractivity (Wildman–Crippen MR) is 83.7 cm³/mol. The van der Waals surface area contributed by atoms with E-state index in [1.54, 1.807) is 6.07 Å². The van der Waals surface area contributed by atoms with Gasteiger partial charge in [-0.25, -0.2) is 4.79 Å². The standard InChI is InChI=1S/C16H20F3NO2S/c1-15(2,3)20(14(21)22)11-8-13(9-11)23-12-6-4-5-10(7-12)16(17,18)19/h4-7,11,13H,8-9H2,1-3H3,(H,21,22)/t11-,13+. The number of rotatable bonds is 3. The van der Waals surface area contributed by atoms with Crippen LogP contribution >= 0.6 is 11.8 Å². The lowest BCUT2D eigenvalue weighted by Crippen LogP contribution is -2.56. The summed E-state index contributed by atoms with van der Waals surface area (Å²) in [5, 5.41) is 9.49. The van der Waals surface area contributed by atoms with Crippen LogP contribution in [-0.4, -0.2) is 32.9 Å². The molecule has 1 aromatic rings. The number of alkyl halides is 3. The number of carbonyl (C=O) groups is 1. The van der Waals surface area contributed by atoms with Gasteiger partial charge < -0.3 is 10.0 Å². The molecule has 23 heavy (non-hydrogen) atoms. The minimum atomic E-state index is -4.34. The van der Waals surface area contributed by atoms with Crippen molar-refractivity contribution in [1.29, 1.82) is 0 Å². The van der Waals surface area contributed by atoms with Crippen LogP contribution in [0, 0.1) is 0 Å². The van der Waals surface area contributed by atoms with E-state index in [0.29, 0.717) is 17.7 Å². The summed E-state index contributed by atoms with van der Waals surface area (Å²) in [6, 6.07) is 5.19. The van der Waals surface area contributed by atoms with Gasteiger partial charge in [-0.05, 0) is 51.8 Å². The van der Waals surface area contributed by atoms with E-state index in [1.807, 2.05) is 20.8 Å². The minimum Gasteiger partial charge on any atom is -0.465 e. The minimum absolute atomic E-state index is 0.0733. The number of carboxylic acid groups (broad SMARTS) is 1. The van der Waals surface area contributed by atoms with Crippen LogP contribution in [0.25, 0.3) is 0 Å². The molecule has 1 amide bonds. The van der Waals surface area contributed by atoms with Gasteiger partial charge in [0.25, 0.3) is 0 Å². The summed E-state index contributed by atoms with van der Waals surface area (Å²) in [6.45, 7) is 5.52. The van der Waals surface area contributed by atoms with Crippen molar-refractivity contribution in [2.24, 2.45) is 0 Å². The normalized spacial score (nSPS) is 21.7. The van der Waals surface area contributed by atoms with Gasteiger partial charge >= 0.3 is 12.3 Å². The number of thioether (sulfide) groups is 1. The van der Waals surface area contributed by atoms with Crippen LogP contribution in [0.3, 0.4) is 0 Å². The Morgan fingerprint density at radius 3 is 2.35 bits per heavy atom. The van der Waals surface area contributed by atoms with Gasteiger partial charge in [-0.2, -0.15) is 13.2 Å². The average molecular weight is 347 g/mol. The zero-order chi connectivity index (χ0) is 17.4. The largest absolute Gasteiger partial charge is 0.465 e. The van der Waals surface area contributed by atoms with Crippen molar-refractivity contribution in [2.75, 3.05) is 0 Å². The van der Waals surface area contributed by atoms with E-state index in [-0.39, 0.29) is 11.3 Å². The van der Waals surface area contributed by atoms with Gasteiger partial charge in [-0.1, -0.05) is 6.07 Å². The molecule has 0 heterocycles. The second-order valence-electron chi connectivity index (χ2n) is 6.71. The SMILES string of the molecule is CC(C)(C)N(C(=O)O)[C@H]1C[C@@H](Sc2cccc(C(F)(F)F)c2)C1. The van der Waals surface area contributed by atoms with Crippen molar-refractivity contribution in [3.8, 4) is 0 Å². The molecule has 0 unspecified atom stereocenters. The lowest BCUT2D eigenvalue weighted by Gasteiger charge is -2.47. The molecule has 3 nitrogen and oxygen atoms in total. The molecular weight excluding hydrogens is 327 g/mol. The van der Waals surface area contributed by atoms with Crippen LogP contribution in [-0.2, 0) is 6.18 Å². The molecule has 1 aliphatic carbocycles. The van der Waals surface area contributed by atoms with E-state index in [9.17, 15) is 23.1 Å². The molecule has 0 aliphatic heterocycles. The second-order valence-corrected chi connectivity index (χ2v) is 8.09. The molecule has 7 heteroatoms. The fourth-order valence-corrected chi connectivity index (χ4v) is 4.15. The molecule has 2 rings (SSSR count). The van der Waals surface area contributed by atoms with Crippen LogP contribution in [0.2, 0.25) is 0 Å². The van der Waals surface area contributed by atoms with Crippen molar-refractivity contribution < 1.29 is 23.1 Å². The van der Waals surface area contributed by atoms with Crippen molar-refractivity contribution in [3.05, 3.63) is 29.8 Å². The average Bonchev–Trinajstić information content (AvgIpc) is 2.33. The number of benzene rings is 1. The van der Waals surface area contributed by atoms with Crippen molar-refractivity contribution in [2.45, 2.75) is 61.5 Å². The highest BCUT2D eigenvalue weighted by molar-refractivity contribution is 8.00. The van der Waals surface area contributed by atoms with Gasteiger partial charge in [-0.3, -0.25) is 0 Å². The highest BCUT2D eigenvalue weighted by Crippen LogP contribution is 2.42. The maximum absolute atomic E-state index is 12.7. The van der Waals surface area contributed by atoms with E-state index >= 15 is 0 Å². The van der Waals surface area contributed by atoms with Crippen molar-refractivity contribution in [3.63, 3.8) is 0 Å². The lowest BCUT2D eigenvalue weighted by atomic mass is 9.87. The van der Waals surface area contributed by atoms with E-state index in [1.165, 1.54) is 22.7 Å². The Kier molecular flexibility index (Phi) is 4.89. The molecule has 128 valence electrons. The van der Waals surface area contributed by atoms with Gasteiger partial charge in [0.15, 0.2) is 0 Å². The highest BCUT2D eigenvalue weighted by Gasteiger charge is 2.41. The van der Waals surface area contributed by atoms with Crippen LogP contribution in [0.4, 0.5) is 18.0 Å². The van der Waals surface area contributed by atoms with E-state index in [2.05, 4.69) is 0 Å². The van der Waals surface area contributed by atoms with E-state index in [0.717, 1.165) is 12.1 Å². The summed E-state index contributed by atoms with van der Waals surface area (Å²) in [4.78, 5) is 13.4. The molecule has 0 radical (unpaired) electrons. The number of nitrogens with zero attached hydrogens (tertiary/aromatic N) is 1. The lowest BCUT2D eigenvalue weighted by molar-refractivity contribution is -0.137. The number of amides is 1. The number of hydrogen-bond donors (Lipinski definition) is 1. The first-order chi connectivity index (χ1) is 10.5. The molecule has 0 aromatic heterocycles. The molecule has 1 saturated carbocycles. The maximum Gasteiger partial charge on any atom is 0.416 e. The Balaban J connectivity index is 1.97. The van der Waals surface area contributed by atoms with Crippen LogP contribution in [0.15, 0.2) is 29.2 Å². The smallest absolute Gasteiger partial charge is 0.416 e. The predicted octanol–water partition coefficient (Wildman–Crippen LogP) is 5.11. The first kappa shape index (κ1) is 18.0. The first-order valence-corrected chi connectivity index (χ1v) is 8.22. The third-order valence-corrected chi connectivity index (χ3v) is 5.07. The Morgan fingerprint density at radius 2 is 1.87 bits per heavy atom. The summed E-state index contributed by atoms with van der Waals surface area (Å²) in [7, 11) is 0. The fraction of sp³-hybridized carbons (Fsp3) is 0.562. The van der Waals surface area contributed by atoms with Crippen molar-refractivity contribution >= 4 is 17.9 Å². The zero-order valence-electron chi connectivity index (χ0n) is 13.2. The van der Waals surface area contributed by atoms with Gasteiger partial charge in [0.1, 0.15) is 0 Å². The quantitative estimate of drug-likeness (QED) is 0.826. The first-order valence-electron chi connectivity index (χ1n) is 7.34. The topological polar surface area (TPSA) is 40.5 Å². The molecule has 1 fully saturated rings. The summed E-state index contributed by atoms with van der Waals surface area (Å²) >= 11 is 1.38. The van der Waals surface area contributed by atoms with Gasteiger partial charge in [-0.15, -0.1) is 11.8 Å². The van der Waals surface area contributed by atoms with Crippen LogP contribution < -0.4 is 0 Å². The molecule has 1 aromatic carbocycles. The van der Waals surface area contributed by atoms with Gasteiger partial charge in [0.2, 0.25) is 0 Å². The molecule has 0 atom stereocenters. The maximum atomic E-state index is 12.7. The highest BCUT2D eigenvalue weighted by atomic mass is 32.2. The Bertz CT molecular complexity index is 577. The molecule has 0 saturated heterocycles. The third-order valence-electron chi connectivity index (χ3n) is 3.83. The monoisotopic (exact) mass is 347 g/mol. The summed E-state index contributed by atoms with van der Waals surface area (Å²) in [5.41, 5.74) is -1.14. The molecule has 0 spiro atoms. The van der Waals surface area contributed by atoms with E-state index < -0.39 is 23.4 Å². The summed E-state index contributed by atoms with van der Waals surface area (Å²) < 4.78 is 38.1.